The van der Waals surface area contributed by atoms with Gasteiger partial charge in [-0.1, -0.05) is 30.0 Å². The van der Waals surface area contributed by atoms with Gasteiger partial charge in [-0.15, -0.1) is 0 Å². The molecule has 5 nitrogen and oxygen atoms in total. The summed E-state index contributed by atoms with van der Waals surface area (Å²) in [6, 6.07) is 9.86. The molecule has 0 saturated carbocycles. The Morgan fingerprint density at radius 2 is 1.77 bits per heavy atom. The number of thioether (sulfide) groups is 1. The van der Waals surface area contributed by atoms with Gasteiger partial charge in [-0.3, -0.25) is 9.59 Å². The van der Waals surface area contributed by atoms with Crippen LogP contribution < -0.4 is 0 Å². The second kappa shape index (κ2) is 7.65. The van der Waals surface area contributed by atoms with Crippen LogP contribution in [-0.2, 0) is 23.8 Å². The monoisotopic (exact) mass is 324 g/mol. The lowest BCUT2D eigenvalue weighted by Crippen LogP contribution is -2.49. The van der Waals surface area contributed by atoms with E-state index in [4.69, 9.17) is 14.2 Å². The fraction of sp³-hybridized carbons (Fsp3) is 0.500. The SMILES string of the molecule is CC(=O)O[C@@H]1[C@H](C)O[C@@H](Sc2ccccc2)C[C@@H]1OC(C)=O. The average molecular weight is 324 g/mol. The van der Waals surface area contributed by atoms with Crippen LogP contribution in [0.3, 0.4) is 0 Å². The van der Waals surface area contributed by atoms with Crippen molar-refractivity contribution in [3.63, 3.8) is 0 Å². The summed E-state index contributed by atoms with van der Waals surface area (Å²) in [5, 5.41) is 0. The van der Waals surface area contributed by atoms with Crippen LogP contribution >= 0.6 is 11.8 Å². The largest absolute Gasteiger partial charge is 0.458 e. The van der Waals surface area contributed by atoms with Crippen LogP contribution in [0.2, 0.25) is 0 Å². The molecular formula is C16H20O5S. The van der Waals surface area contributed by atoms with E-state index in [2.05, 4.69) is 0 Å². The van der Waals surface area contributed by atoms with Gasteiger partial charge in [0.25, 0.3) is 0 Å². The van der Waals surface area contributed by atoms with Gasteiger partial charge in [0.1, 0.15) is 11.5 Å². The minimum Gasteiger partial charge on any atom is -0.458 e. The van der Waals surface area contributed by atoms with Crippen molar-refractivity contribution >= 4 is 23.7 Å². The molecule has 0 spiro atoms. The number of carbonyl (C=O) groups excluding carboxylic acids is 2. The van der Waals surface area contributed by atoms with E-state index >= 15 is 0 Å². The Hall–Kier alpha value is -1.53. The maximum Gasteiger partial charge on any atom is 0.303 e. The molecule has 1 aromatic carbocycles. The van der Waals surface area contributed by atoms with Crippen molar-refractivity contribution in [3.05, 3.63) is 30.3 Å². The zero-order valence-corrected chi connectivity index (χ0v) is 13.7. The number of carbonyl (C=O) groups is 2. The third-order valence-electron chi connectivity index (χ3n) is 3.25. The molecule has 1 fully saturated rings. The second-order valence-electron chi connectivity index (χ2n) is 5.16. The second-order valence-corrected chi connectivity index (χ2v) is 6.39. The summed E-state index contributed by atoms with van der Waals surface area (Å²) in [5.41, 5.74) is -0.159. The Balaban J connectivity index is 2.07. The summed E-state index contributed by atoms with van der Waals surface area (Å²) in [5.74, 6) is -0.800. The topological polar surface area (TPSA) is 61.8 Å². The Kier molecular flexibility index (Phi) is 5.85. The Labute approximate surface area is 134 Å². The highest BCUT2D eigenvalue weighted by atomic mass is 32.2. The molecule has 0 radical (unpaired) electrons. The van der Waals surface area contributed by atoms with Crippen molar-refractivity contribution < 1.29 is 23.8 Å². The van der Waals surface area contributed by atoms with Gasteiger partial charge in [0.05, 0.1) is 6.10 Å². The van der Waals surface area contributed by atoms with Crippen molar-refractivity contribution in [2.24, 2.45) is 0 Å². The minimum atomic E-state index is -0.575. The van der Waals surface area contributed by atoms with Gasteiger partial charge in [0.2, 0.25) is 0 Å². The maximum absolute atomic E-state index is 11.3. The number of ether oxygens (including phenoxy) is 3. The molecule has 0 amide bonds. The third kappa shape index (κ3) is 4.74. The van der Waals surface area contributed by atoms with Crippen LogP contribution in [0.4, 0.5) is 0 Å². The molecule has 1 aliphatic heterocycles. The van der Waals surface area contributed by atoms with E-state index in [0.717, 1.165) is 4.90 Å². The van der Waals surface area contributed by atoms with Crippen LogP contribution in [0, 0.1) is 0 Å². The highest BCUT2D eigenvalue weighted by Crippen LogP contribution is 2.34. The summed E-state index contributed by atoms with van der Waals surface area (Å²) >= 11 is 1.57. The molecule has 2 rings (SSSR count). The fourth-order valence-corrected chi connectivity index (χ4v) is 3.55. The van der Waals surface area contributed by atoms with Gasteiger partial charge < -0.3 is 14.2 Å². The molecule has 22 heavy (non-hydrogen) atoms. The lowest BCUT2D eigenvalue weighted by molar-refractivity contribution is -0.194. The summed E-state index contributed by atoms with van der Waals surface area (Å²) < 4.78 is 16.5. The highest BCUT2D eigenvalue weighted by molar-refractivity contribution is 7.99. The molecule has 1 heterocycles. The zero-order chi connectivity index (χ0) is 16.1. The third-order valence-corrected chi connectivity index (χ3v) is 4.36. The van der Waals surface area contributed by atoms with Crippen LogP contribution in [0.5, 0.6) is 0 Å². The van der Waals surface area contributed by atoms with Crippen molar-refractivity contribution in [1.82, 2.24) is 0 Å². The quantitative estimate of drug-likeness (QED) is 0.794. The number of hydrogen-bond donors (Lipinski definition) is 0. The molecule has 0 bridgehead atoms. The molecule has 120 valence electrons. The van der Waals surface area contributed by atoms with Crippen molar-refractivity contribution in [3.8, 4) is 0 Å². The summed E-state index contributed by atoms with van der Waals surface area (Å²) in [7, 11) is 0. The summed E-state index contributed by atoms with van der Waals surface area (Å²) in [6.07, 6.45) is -0.940. The number of hydrogen-bond acceptors (Lipinski definition) is 6. The number of rotatable bonds is 4. The first-order valence-corrected chi connectivity index (χ1v) is 8.05. The first-order valence-electron chi connectivity index (χ1n) is 7.17. The van der Waals surface area contributed by atoms with Crippen LogP contribution in [-0.4, -0.2) is 35.7 Å². The highest BCUT2D eigenvalue weighted by Gasteiger charge is 2.41. The van der Waals surface area contributed by atoms with E-state index in [1.807, 2.05) is 37.3 Å². The molecular weight excluding hydrogens is 304 g/mol. The first kappa shape index (κ1) is 16.8. The van der Waals surface area contributed by atoms with Crippen molar-refractivity contribution in [2.45, 2.75) is 55.8 Å². The normalized spacial score (nSPS) is 28.0. The average Bonchev–Trinajstić information content (AvgIpc) is 2.43. The molecule has 1 saturated heterocycles. The van der Waals surface area contributed by atoms with Crippen molar-refractivity contribution in [1.29, 1.82) is 0 Å². The predicted octanol–water partition coefficient (Wildman–Crippen LogP) is 2.78. The van der Waals surface area contributed by atoms with Gasteiger partial charge in [-0.25, -0.2) is 0 Å². The number of esters is 2. The van der Waals surface area contributed by atoms with Gasteiger partial charge in [-0.05, 0) is 19.1 Å². The van der Waals surface area contributed by atoms with Crippen LogP contribution in [0.25, 0.3) is 0 Å². The molecule has 4 atom stereocenters. The van der Waals surface area contributed by atoms with Gasteiger partial charge >= 0.3 is 11.9 Å². The lowest BCUT2D eigenvalue weighted by atomic mass is 10.0. The lowest BCUT2D eigenvalue weighted by Gasteiger charge is -2.38. The Bertz CT molecular complexity index is 519. The van der Waals surface area contributed by atoms with E-state index in [9.17, 15) is 9.59 Å². The van der Waals surface area contributed by atoms with E-state index in [1.165, 1.54) is 13.8 Å². The molecule has 1 aliphatic rings. The molecule has 0 N–H and O–H groups in total. The summed E-state index contributed by atoms with van der Waals surface area (Å²) in [4.78, 5) is 23.6. The van der Waals surface area contributed by atoms with Crippen molar-refractivity contribution in [2.75, 3.05) is 0 Å². The first-order chi connectivity index (χ1) is 10.5. The van der Waals surface area contributed by atoms with Crippen LogP contribution in [0.15, 0.2) is 35.2 Å². The molecule has 0 aromatic heterocycles. The number of benzene rings is 1. The van der Waals surface area contributed by atoms with E-state index < -0.39 is 18.2 Å². The smallest absolute Gasteiger partial charge is 0.303 e. The van der Waals surface area contributed by atoms with E-state index in [1.54, 1.807) is 11.8 Å². The standard InChI is InChI=1S/C16H20O5S/c1-10-16(21-12(3)18)14(20-11(2)17)9-15(19-10)22-13-7-5-4-6-8-13/h4-8,10,14-16H,9H2,1-3H3/t10-,14-,15-,16+/m0/s1. The van der Waals surface area contributed by atoms with Crippen LogP contribution in [0.1, 0.15) is 27.2 Å². The zero-order valence-electron chi connectivity index (χ0n) is 12.9. The van der Waals surface area contributed by atoms with Gasteiger partial charge in [-0.2, -0.15) is 0 Å². The Morgan fingerprint density at radius 3 is 2.36 bits per heavy atom. The fourth-order valence-electron chi connectivity index (χ4n) is 2.42. The van der Waals surface area contributed by atoms with Gasteiger partial charge in [0.15, 0.2) is 6.10 Å². The van der Waals surface area contributed by atoms with E-state index in [0.29, 0.717) is 6.42 Å². The summed E-state index contributed by atoms with van der Waals surface area (Å²) in [6.45, 7) is 4.51. The Morgan fingerprint density at radius 1 is 1.14 bits per heavy atom. The maximum atomic E-state index is 11.3. The molecule has 1 aromatic rings. The van der Waals surface area contributed by atoms with E-state index in [-0.39, 0.29) is 17.5 Å². The molecule has 0 aliphatic carbocycles. The molecule has 6 heteroatoms. The molecule has 0 unspecified atom stereocenters. The predicted molar refractivity (Wildman–Crippen MR) is 82.4 cm³/mol. The minimum absolute atomic E-state index is 0.159. The van der Waals surface area contributed by atoms with Gasteiger partial charge in [0, 0.05) is 25.2 Å².